The van der Waals surface area contributed by atoms with E-state index in [4.69, 9.17) is 13.9 Å². The highest BCUT2D eigenvalue weighted by Crippen LogP contribution is 2.27. The van der Waals surface area contributed by atoms with Gasteiger partial charge < -0.3 is 13.9 Å². The third-order valence-electron chi connectivity index (χ3n) is 4.68. The molecular weight excluding hydrogens is 338 g/mol. The van der Waals surface area contributed by atoms with Gasteiger partial charge in [-0.2, -0.15) is 0 Å². The summed E-state index contributed by atoms with van der Waals surface area (Å²) < 4.78 is 11.8. The summed E-state index contributed by atoms with van der Waals surface area (Å²) in [6.45, 7) is 3.95. The number of aryl methyl sites for hydroxylation is 1. The lowest BCUT2D eigenvalue weighted by atomic mass is 10.1. The molecule has 4 aromatic rings. The molecule has 2 heterocycles. The van der Waals surface area contributed by atoms with E-state index in [9.17, 15) is 0 Å². The zero-order valence-electron chi connectivity index (χ0n) is 15.4. The number of hydrogen-bond acceptors (Lipinski definition) is 4. The van der Waals surface area contributed by atoms with Crippen LogP contribution in [0.2, 0.25) is 0 Å². The van der Waals surface area contributed by atoms with Crippen LogP contribution in [0.3, 0.4) is 0 Å². The molecule has 0 atom stereocenters. The molecule has 2 aromatic carbocycles. The molecule has 0 aliphatic heterocycles. The van der Waals surface area contributed by atoms with Gasteiger partial charge in [-0.1, -0.05) is 30.3 Å². The summed E-state index contributed by atoms with van der Waals surface area (Å²) in [6.07, 6.45) is 2.38. The summed E-state index contributed by atoms with van der Waals surface area (Å²) in [6, 6.07) is 18.0. The van der Waals surface area contributed by atoms with Crippen molar-refractivity contribution < 1.29 is 13.9 Å². The molecule has 4 rings (SSSR count). The molecule has 0 amide bonds. The first-order valence-electron chi connectivity index (χ1n) is 8.96. The summed E-state index contributed by atoms with van der Waals surface area (Å²) >= 11 is 0. The van der Waals surface area contributed by atoms with Crippen molar-refractivity contribution in [2.75, 3.05) is 6.61 Å². The Balaban J connectivity index is 1.62. The number of aromatic nitrogens is 1. The maximum Gasteiger partial charge on any atom is 0.226 e. The van der Waals surface area contributed by atoms with Crippen molar-refractivity contribution in [3.8, 4) is 11.5 Å². The Morgan fingerprint density at radius 2 is 1.89 bits per heavy atom. The number of hydrogen-bond donors (Lipinski definition) is 1. The van der Waals surface area contributed by atoms with E-state index in [1.165, 1.54) is 0 Å². The van der Waals surface area contributed by atoms with Crippen LogP contribution in [-0.2, 0) is 6.42 Å². The third kappa shape index (κ3) is 3.57. The molecule has 0 fully saturated rings. The summed E-state index contributed by atoms with van der Waals surface area (Å²) in [4.78, 5) is 4.65. The minimum Gasteiger partial charge on any atom is -0.461 e. The lowest BCUT2D eigenvalue weighted by Crippen LogP contribution is -1.88. The minimum absolute atomic E-state index is 0.0374. The summed E-state index contributed by atoms with van der Waals surface area (Å²) in [5.74, 6) is 2.28. The predicted molar refractivity (Wildman–Crippen MR) is 106 cm³/mol. The van der Waals surface area contributed by atoms with Crippen LogP contribution in [0.15, 0.2) is 69.5 Å². The van der Waals surface area contributed by atoms with E-state index in [0.29, 0.717) is 12.3 Å². The fourth-order valence-corrected chi connectivity index (χ4v) is 3.15. The van der Waals surface area contributed by atoms with E-state index in [2.05, 4.69) is 11.1 Å². The van der Waals surface area contributed by atoms with Crippen LogP contribution < -0.4 is 0 Å². The van der Waals surface area contributed by atoms with Crippen LogP contribution >= 0.6 is 0 Å². The first-order valence-corrected chi connectivity index (χ1v) is 8.96. The Morgan fingerprint density at radius 3 is 2.67 bits per heavy atom. The van der Waals surface area contributed by atoms with Crippen molar-refractivity contribution in [2.45, 2.75) is 20.3 Å². The van der Waals surface area contributed by atoms with Crippen molar-refractivity contribution in [1.29, 1.82) is 0 Å². The van der Waals surface area contributed by atoms with E-state index >= 15 is 0 Å². The smallest absolute Gasteiger partial charge is 0.226 e. The number of rotatable bonds is 5. The van der Waals surface area contributed by atoms with E-state index < -0.39 is 0 Å². The van der Waals surface area contributed by atoms with Gasteiger partial charge in [0.2, 0.25) is 5.89 Å². The van der Waals surface area contributed by atoms with Crippen LogP contribution in [0.5, 0.6) is 0 Å². The number of aliphatic hydroxyl groups is 1. The summed E-state index contributed by atoms with van der Waals surface area (Å²) in [5.41, 5.74) is 4.81. The third-order valence-corrected chi connectivity index (χ3v) is 4.68. The van der Waals surface area contributed by atoms with Crippen molar-refractivity contribution in [3.63, 3.8) is 0 Å². The zero-order chi connectivity index (χ0) is 18.8. The maximum absolute atomic E-state index is 9.08. The van der Waals surface area contributed by atoms with E-state index in [-0.39, 0.29) is 6.61 Å². The second kappa shape index (κ2) is 7.25. The number of nitrogens with zero attached hydrogens (tertiary/aromatic N) is 1. The molecular formula is C23H21NO3. The molecule has 27 heavy (non-hydrogen) atoms. The van der Waals surface area contributed by atoms with E-state index in [1.807, 2.05) is 62.4 Å². The van der Waals surface area contributed by atoms with Crippen molar-refractivity contribution in [1.82, 2.24) is 4.98 Å². The largest absolute Gasteiger partial charge is 0.461 e. The number of allylic oxidation sites excluding steroid dienone is 1. The van der Waals surface area contributed by atoms with Crippen LogP contribution in [0.1, 0.15) is 29.7 Å². The number of aliphatic hydroxyl groups excluding tert-OH is 1. The second-order valence-corrected chi connectivity index (χ2v) is 6.60. The monoisotopic (exact) mass is 359 g/mol. The lowest BCUT2D eigenvalue weighted by Gasteiger charge is -2.00. The number of furan rings is 1. The molecule has 0 aliphatic carbocycles. The predicted octanol–water partition coefficient (Wildman–Crippen LogP) is 5.38. The molecule has 0 radical (unpaired) electrons. The van der Waals surface area contributed by atoms with Crippen LogP contribution in [0.4, 0.5) is 0 Å². The Hall–Kier alpha value is -3.11. The molecule has 1 N–H and O–H groups in total. The normalized spacial score (nSPS) is 12.0. The Morgan fingerprint density at radius 1 is 1.07 bits per heavy atom. The molecule has 2 aromatic heterocycles. The second-order valence-electron chi connectivity index (χ2n) is 6.60. The molecule has 0 saturated heterocycles. The SMILES string of the molecule is CC(=CCO)c1ccc2oc(Cc3nc(-c4ccccc4)oc3C)cc2c1. The fourth-order valence-electron chi connectivity index (χ4n) is 3.15. The summed E-state index contributed by atoms with van der Waals surface area (Å²) in [5, 5.41) is 10.1. The molecule has 0 aliphatic rings. The average Bonchev–Trinajstić information content (AvgIpc) is 3.25. The van der Waals surface area contributed by atoms with Gasteiger partial charge in [-0.05, 0) is 55.3 Å². The molecule has 136 valence electrons. The van der Waals surface area contributed by atoms with Gasteiger partial charge in [0.1, 0.15) is 17.1 Å². The van der Waals surface area contributed by atoms with E-state index in [0.717, 1.165) is 44.9 Å². The van der Waals surface area contributed by atoms with Gasteiger partial charge in [-0.3, -0.25) is 0 Å². The Bertz CT molecular complexity index is 1100. The zero-order valence-corrected chi connectivity index (χ0v) is 15.4. The first kappa shape index (κ1) is 17.3. The van der Waals surface area contributed by atoms with Crippen LogP contribution in [0, 0.1) is 6.92 Å². The topological polar surface area (TPSA) is 59.4 Å². The highest BCUT2D eigenvalue weighted by Gasteiger charge is 2.14. The maximum atomic E-state index is 9.08. The number of benzene rings is 2. The van der Waals surface area contributed by atoms with Crippen LogP contribution in [-0.4, -0.2) is 16.7 Å². The molecule has 0 saturated carbocycles. The Labute approximate surface area is 157 Å². The van der Waals surface area contributed by atoms with Crippen molar-refractivity contribution in [2.24, 2.45) is 0 Å². The van der Waals surface area contributed by atoms with Crippen molar-refractivity contribution in [3.05, 3.63) is 83.5 Å². The quantitative estimate of drug-likeness (QED) is 0.519. The molecule has 0 bridgehead atoms. The number of oxazole rings is 1. The van der Waals surface area contributed by atoms with Crippen molar-refractivity contribution >= 4 is 16.5 Å². The molecule has 4 nitrogen and oxygen atoms in total. The highest BCUT2D eigenvalue weighted by molar-refractivity contribution is 5.82. The minimum atomic E-state index is 0.0374. The van der Waals surface area contributed by atoms with Crippen LogP contribution in [0.25, 0.3) is 28.0 Å². The standard InChI is InChI=1S/C23H21NO3/c1-15(10-11-25)18-8-9-22-19(12-18)13-20(27-22)14-21-16(2)26-23(24-21)17-6-4-3-5-7-17/h3-10,12-13,25H,11,14H2,1-2H3. The molecule has 0 spiro atoms. The van der Waals surface area contributed by atoms with Gasteiger partial charge in [-0.25, -0.2) is 4.98 Å². The molecule has 4 heteroatoms. The van der Waals surface area contributed by atoms with Gasteiger partial charge in [0, 0.05) is 10.9 Å². The number of fused-ring (bicyclic) bond motifs is 1. The van der Waals surface area contributed by atoms with E-state index in [1.54, 1.807) is 6.08 Å². The fraction of sp³-hybridized carbons (Fsp3) is 0.174. The Kier molecular flexibility index (Phi) is 4.65. The average molecular weight is 359 g/mol. The molecule has 0 unspecified atom stereocenters. The lowest BCUT2D eigenvalue weighted by molar-refractivity contribution is 0.343. The highest BCUT2D eigenvalue weighted by atomic mass is 16.4. The van der Waals surface area contributed by atoms with Gasteiger partial charge in [0.05, 0.1) is 18.7 Å². The van der Waals surface area contributed by atoms with Gasteiger partial charge in [-0.15, -0.1) is 0 Å². The van der Waals surface area contributed by atoms with Gasteiger partial charge >= 0.3 is 0 Å². The first-order chi connectivity index (χ1) is 13.1. The van der Waals surface area contributed by atoms with Gasteiger partial charge in [0.15, 0.2) is 0 Å². The summed E-state index contributed by atoms with van der Waals surface area (Å²) in [7, 11) is 0. The van der Waals surface area contributed by atoms with Gasteiger partial charge in [0.25, 0.3) is 0 Å².